The van der Waals surface area contributed by atoms with Crippen LogP contribution in [0.2, 0.25) is 5.02 Å². The molecule has 0 unspecified atom stereocenters. The van der Waals surface area contributed by atoms with E-state index in [9.17, 15) is 4.39 Å². The predicted octanol–water partition coefficient (Wildman–Crippen LogP) is 3.94. The van der Waals surface area contributed by atoms with Crippen LogP contribution in [0.25, 0.3) is 0 Å². The molecule has 118 valence electrons. The van der Waals surface area contributed by atoms with Gasteiger partial charge in [0.1, 0.15) is 11.6 Å². The first-order valence-electron chi connectivity index (χ1n) is 7.46. The number of hydrogen-bond donors (Lipinski definition) is 1. The molecule has 0 saturated carbocycles. The van der Waals surface area contributed by atoms with Gasteiger partial charge in [-0.05, 0) is 29.8 Å². The molecular formula is C17H15ClFN3O. The average Bonchev–Trinajstić information content (AvgIpc) is 3.19. The van der Waals surface area contributed by atoms with Crippen molar-refractivity contribution < 1.29 is 8.81 Å². The van der Waals surface area contributed by atoms with E-state index in [2.05, 4.69) is 14.9 Å². The van der Waals surface area contributed by atoms with E-state index < -0.39 is 0 Å². The predicted molar refractivity (Wildman–Crippen MR) is 84.7 cm³/mol. The normalized spacial score (nSPS) is 18.1. The summed E-state index contributed by atoms with van der Waals surface area (Å²) in [4.78, 5) is 9.92. The number of fused-ring (bicyclic) bond motifs is 1. The van der Waals surface area contributed by atoms with Gasteiger partial charge in [0.2, 0.25) is 0 Å². The van der Waals surface area contributed by atoms with Crippen molar-refractivity contribution in [1.82, 2.24) is 14.9 Å². The number of nitrogens with zero attached hydrogens (tertiary/aromatic N) is 2. The Kier molecular flexibility index (Phi) is 3.67. The quantitative estimate of drug-likeness (QED) is 0.790. The zero-order chi connectivity index (χ0) is 15.8. The largest absolute Gasteiger partial charge is 0.468 e. The van der Waals surface area contributed by atoms with Gasteiger partial charge in [0.15, 0.2) is 0 Å². The van der Waals surface area contributed by atoms with Gasteiger partial charge < -0.3 is 9.40 Å². The molecule has 1 aliphatic heterocycles. The number of aromatic amines is 1. The van der Waals surface area contributed by atoms with Gasteiger partial charge in [-0.1, -0.05) is 17.7 Å². The van der Waals surface area contributed by atoms with Crippen molar-refractivity contribution in [2.75, 3.05) is 6.54 Å². The Morgan fingerprint density at radius 3 is 3.09 bits per heavy atom. The van der Waals surface area contributed by atoms with E-state index in [-0.39, 0.29) is 11.9 Å². The van der Waals surface area contributed by atoms with Crippen LogP contribution in [0.15, 0.2) is 47.3 Å². The van der Waals surface area contributed by atoms with Crippen molar-refractivity contribution in [2.45, 2.75) is 19.0 Å². The van der Waals surface area contributed by atoms with Gasteiger partial charge >= 0.3 is 0 Å². The lowest BCUT2D eigenvalue weighted by molar-refractivity contribution is 0.185. The highest BCUT2D eigenvalue weighted by Crippen LogP contribution is 2.37. The molecule has 0 saturated heterocycles. The summed E-state index contributed by atoms with van der Waals surface area (Å²) in [5.41, 5.74) is 2.90. The molecule has 4 rings (SSSR count). The number of hydrogen-bond acceptors (Lipinski definition) is 3. The molecule has 4 nitrogen and oxygen atoms in total. The topological polar surface area (TPSA) is 45.1 Å². The molecule has 0 spiro atoms. The second-order valence-electron chi connectivity index (χ2n) is 5.63. The van der Waals surface area contributed by atoms with Crippen LogP contribution < -0.4 is 0 Å². The highest BCUT2D eigenvalue weighted by atomic mass is 35.5. The molecule has 0 radical (unpaired) electrons. The zero-order valence-corrected chi connectivity index (χ0v) is 13.1. The van der Waals surface area contributed by atoms with Crippen molar-refractivity contribution in [2.24, 2.45) is 0 Å². The van der Waals surface area contributed by atoms with Gasteiger partial charge in [0.25, 0.3) is 0 Å². The Morgan fingerprint density at radius 1 is 1.39 bits per heavy atom. The Bertz CT molecular complexity index is 815. The van der Waals surface area contributed by atoms with Crippen LogP contribution in [0.4, 0.5) is 4.39 Å². The minimum Gasteiger partial charge on any atom is -0.468 e. The third-order valence-electron chi connectivity index (χ3n) is 4.22. The van der Waals surface area contributed by atoms with E-state index >= 15 is 0 Å². The number of halogens is 2. The SMILES string of the molecule is Fc1ccc([C@@H]2c3nc[nH]c3CCN2Cc2ccco2)c(Cl)c1. The smallest absolute Gasteiger partial charge is 0.124 e. The van der Waals surface area contributed by atoms with E-state index in [0.29, 0.717) is 11.6 Å². The summed E-state index contributed by atoms with van der Waals surface area (Å²) in [7, 11) is 0. The third-order valence-corrected chi connectivity index (χ3v) is 4.55. The molecule has 0 bridgehead atoms. The highest BCUT2D eigenvalue weighted by molar-refractivity contribution is 6.31. The van der Waals surface area contributed by atoms with Crippen LogP contribution >= 0.6 is 11.6 Å². The Labute approximate surface area is 137 Å². The van der Waals surface area contributed by atoms with Gasteiger partial charge in [-0.15, -0.1) is 0 Å². The molecule has 1 N–H and O–H groups in total. The van der Waals surface area contributed by atoms with E-state index in [1.807, 2.05) is 12.1 Å². The minimum atomic E-state index is -0.339. The van der Waals surface area contributed by atoms with Crippen molar-refractivity contribution in [3.63, 3.8) is 0 Å². The van der Waals surface area contributed by atoms with Crippen molar-refractivity contribution in [3.05, 3.63) is 76.5 Å². The van der Waals surface area contributed by atoms with Gasteiger partial charge in [0.05, 0.1) is 30.9 Å². The lowest BCUT2D eigenvalue weighted by Crippen LogP contribution is -2.36. The molecule has 3 aromatic rings. The fraction of sp³-hybridized carbons (Fsp3) is 0.235. The van der Waals surface area contributed by atoms with Crippen molar-refractivity contribution in [1.29, 1.82) is 0 Å². The summed E-state index contributed by atoms with van der Waals surface area (Å²) in [5.74, 6) is 0.543. The van der Waals surface area contributed by atoms with Crippen LogP contribution in [-0.2, 0) is 13.0 Å². The first-order valence-corrected chi connectivity index (χ1v) is 7.83. The Hall–Kier alpha value is -2.11. The van der Waals surface area contributed by atoms with Crippen LogP contribution in [0.1, 0.15) is 28.8 Å². The molecular weight excluding hydrogens is 317 g/mol. The third kappa shape index (κ3) is 2.66. The van der Waals surface area contributed by atoms with E-state index in [1.165, 1.54) is 12.1 Å². The first kappa shape index (κ1) is 14.5. The van der Waals surface area contributed by atoms with Crippen LogP contribution in [0, 0.1) is 5.82 Å². The van der Waals surface area contributed by atoms with E-state index in [4.69, 9.17) is 16.0 Å². The molecule has 1 atom stereocenters. The summed E-state index contributed by atoms with van der Waals surface area (Å²) >= 11 is 6.32. The van der Waals surface area contributed by atoms with Crippen LogP contribution in [0.3, 0.4) is 0 Å². The monoisotopic (exact) mass is 331 g/mol. The standard InChI is InChI=1S/C17H15ClFN3O/c18-14-8-11(19)3-4-13(14)17-16-15(20-10-21-16)5-6-22(17)9-12-2-1-7-23-12/h1-4,7-8,10,17H,5-6,9H2,(H,20,21)/t17-/m1/s1. The number of nitrogens with one attached hydrogen (secondary N) is 1. The molecule has 3 heterocycles. The van der Waals surface area contributed by atoms with Crippen molar-refractivity contribution in [3.8, 4) is 0 Å². The Balaban J connectivity index is 1.77. The first-order chi connectivity index (χ1) is 11.2. The molecule has 1 aromatic carbocycles. The molecule has 2 aromatic heterocycles. The van der Waals surface area contributed by atoms with E-state index in [1.54, 1.807) is 18.7 Å². The summed E-state index contributed by atoms with van der Waals surface area (Å²) in [6.07, 6.45) is 4.25. The fourth-order valence-electron chi connectivity index (χ4n) is 3.17. The average molecular weight is 332 g/mol. The van der Waals surface area contributed by atoms with Crippen molar-refractivity contribution >= 4 is 11.6 Å². The van der Waals surface area contributed by atoms with E-state index in [0.717, 1.165) is 35.7 Å². The fourth-order valence-corrected chi connectivity index (χ4v) is 3.44. The molecule has 0 amide bonds. The minimum absolute atomic E-state index is 0.122. The van der Waals surface area contributed by atoms with Crippen LogP contribution in [0.5, 0.6) is 0 Å². The number of aromatic nitrogens is 2. The molecule has 6 heteroatoms. The van der Waals surface area contributed by atoms with Gasteiger partial charge in [0, 0.05) is 23.7 Å². The van der Waals surface area contributed by atoms with Gasteiger partial charge in [-0.2, -0.15) is 0 Å². The summed E-state index contributed by atoms with van der Waals surface area (Å²) < 4.78 is 18.9. The Morgan fingerprint density at radius 2 is 2.30 bits per heavy atom. The maximum absolute atomic E-state index is 13.4. The number of H-pyrrole nitrogens is 1. The number of benzene rings is 1. The lowest BCUT2D eigenvalue weighted by Gasteiger charge is -2.35. The molecule has 0 fully saturated rings. The number of imidazole rings is 1. The second kappa shape index (κ2) is 5.83. The summed E-state index contributed by atoms with van der Waals surface area (Å²) in [6.45, 7) is 1.49. The summed E-state index contributed by atoms with van der Waals surface area (Å²) in [5, 5.41) is 0.412. The van der Waals surface area contributed by atoms with Crippen LogP contribution in [-0.4, -0.2) is 21.4 Å². The zero-order valence-electron chi connectivity index (χ0n) is 12.3. The summed E-state index contributed by atoms with van der Waals surface area (Å²) in [6, 6.07) is 8.23. The highest BCUT2D eigenvalue weighted by Gasteiger charge is 2.32. The number of rotatable bonds is 3. The number of furan rings is 1. The molecule has 0 aliphatic carbocycles. The molecule has 23 heavy (non-hydrogen) atoms. The van der Waals surface area contributed by atoms with Gasteiger partial charge in [-0.3, -0.25) is 4.90 Å². The maximum Gasteiger partial charge on any atom is 0.124 e. The lowest BCUT2D eigenvalue weighted by atomic mass is 9.95. The second-order valence-corrected chi connectivity index (χ2v) is 6.04. The maximum atomic E-state index is 13.4. The molecule has 1 aliphatic rings. The van der Waals surface area contributed by atoms with Gasteiger partial charge in [-0.25, -0.2) is 9.37 Å².